The number of hydrogen-bond donors (Lipinski definition) is 0. The second kappa shape index (κ2) is 7.17. The Labute approximate surface area is 132 Å². The Morgan fingerprint density at radius 1 is 1.19 bits per heavy atom. The van der Waals surface area contributed by atoms with Crippen LogP contribution in [0.3, 0.4) is 0 Å². The Bertz CT molecular complexity index is 521. The van der Waals surface area contributed by atoms with E-state index in [4.69, 9.17) is 0 Å². The SMILES string of the molecule is CC1=C(C)C(SCc2ccccc2)N(CCC(C)C)C1=O. The lowest BCUT2D eigenvalue weighted by atomic mass is 10.1. The van der Waals surface area contributed by atoms with Gasteiger partial charge in [0.1, 0.15) is 5.37 Å². The normalized spacial score (nSPS) is 19.0. The number of rotatable bonds is 6. The Morgan fingerprint density at radius 2 is 1.86 bits per heavy atom. The van der Waals surface area contributed by atoms with Crippen molar-refractivity contribution in [1.29, 1.82) is 0 Å². The van der Waals surface area contributed by atoms with E-state index in [9.17, 15) is 4.79 Å². The molecule has 1 amide bonds. The van der Waals surface area contributed by atoms with Crippen molar-refractivity contribution in [2.24, 2.45) is 5.92 Å². The first kappa shape index (κ1) is 16.2. The predicted octanol–water partition coefficient (Wildman–Crippen LogP) is 4.47. The van der Waals surface area contributed by atoms with Crippen LogP contribution in [0.5, 0.6) is 0 Å². The topological polar surface area (TPSA) is 20.3 Å². The van der Waals surface area contributed by atoms with E-state index in [0.29, 0.717) is 5.92 Å². The van der Waals surface area contributed by atoms with Crippen LogP contribution in [0.15, 0.2) is 41.5 Å². The summed E-state index contributed by atoms with van der Waals surface area (Å²) in [6.07, 6.45) is 1.06. The van der Waals surface area contributed by atoms with Crippen LogP contribution < -0.4 is 0 Å². The molecule has 1 atom stereocenters. The number of carbonyl (C=O) groups excluding carboxylic acids is 1. The first-order valence-electron chi connectivity index (χ1n) is 7.64. The molecule has 0 bridgehead atoms. The third kappa shape index (κ3) is 3.91. The van der Waals surface area contributed by atoms with Gasteiger partial charge in [-0.3, -0.25) is 4.79 Å². The predicted molar refractivity (Wildman–Crippen MR) is 91.1 cm³/mol. The summed E-state index contributed by atoms with van der Waals surface area (Å²) >= 11 is 1.86. The highest BCUT2D eigenvalue weighted by molar-refractivity contribution is 7.99. The van der Waals surface area contributed by atoms with Crippen LogP contribution in [-0.2, 0) is 10.5 Å². The van der Waals surface area contributed by atoms with E-state index < -0.39 is 0 Å². The fourth-order valence-electron chi connectivity index (χ4n) is 2.49. The third-order valence-corrected chi connectivity index (χ3v) is 5.45. The smallest absolute Gasteiger partial charge is 0.250 e. The van der Waals surface area contributed by atoms with Crippen LogP contribution in [0, 0.1) is 5.92 Å². The molecule has 0 fully saturated rings. The van der Waals surface area contributed by atoms with Gasteiger partial charge in [0.2, 0.25) is 0 Å². The first-order chi connectivity index (χ1) is 10.0. The van der Waals surface area contributed by atoms with Gasteiger partial charge in [-0.05, 0) is 37.3 Å². The van der Waals surface area contributed by atoms with Crippen molar-refractivity contribution in [2.75, 3.05) is 6.54 Å². The van der Waals surface area contributed by atoms with Crippen molar-refractivity contribution in [1.82, 2.24) is 4.90 Å². The molecule has 0 spiro atoms. The lowest BCUT2D eigenvalue weighted by Gasteiger charge is -2.27. The van der Waals surface area contributed by atoms with Crippen LogP contribution in [0.2, 0.25) is 0 Å². The van der Waals surface area contributed by atoms with Gasteiger partial charge in [0.05, 0.1) is 0 Å². The Hall–Kier alpha value is -1.22. The van der Waals surface area contributed by atoms with Crippen LogP contribution >= 0.6 is 11.8 Å². The largest absolute Gasteiger partial charge is 0.323 e. The number of carbonyl (C=O) groups is 1. The molecule has 1 aliphatic rings. The van der Waals surface area contributed by atoms with Crippen LogP contribution in [0.25, 0.3) is 0 Å². The van der Waals surface area contributed by atoms with Crippen LogP contribution in [-0.4, -0.2) is 22.7 Å². The number of amides is 1. The maximum Gasteiger partial charge on any atom is 0.250 e. The van der Waals surface area contributed by atoms with Gasteiger partial charge in [-0.2, -0.15) is 0 Å². The van der Waals surface area contributed by atoms with Gasteiger partial charge in [0, 0.05) is 17.9 Å². The van der Waals surface area contributed by atoms with E-state index in [1.54, 1.807) is 0 Å². The molecule has 0 aliphatic carbocycles. The average Bonchev–Trinajstić information content (AvgIpc) is 2.68. The van der Waals surface area contributed by atoms with Crippen molar-refractivity contribution in [3.05, 3.63) is 47.0 Å². The number of thioether (sulfide) groups is 1. The maximum atomic E-state index is 12.4. The molecule has 0 saturated heterocycles. The summed E-state index contributed by atoms with van der Waals surface area (Å²) in [6, 6.07) is 10.5. The van der Waals surface area contributed by atoms with E-state index >= 15 is 0 Å². The molecular formula is C18H25NOS. The van der Waals surface area contributed by atoms with Gasteiger partial charge in [0.15, 0.2) is 0 Å². The minimum absolute atomic E-state index is 0.205. The van der Waals surface area contributed by atoms with Gasteiger partial charge in [-0.15, -0.1) is 11.8 Å². The molecule has 21 heavy (non-hydrogen) atoms. The zero-order valence-corrected chi connectivity index (χ0v) is 14.2. The third-order valence-electron chi connectivity index (χ3n) is 4.02. The molecule has 0 N–H and O–H groups in total. The van der Waals surface area contributed by atoms with Crippen LogP contribution in [0.4, 0.5) is 0 Å². The van der Waals surface area contributed by atoms with Gasteiger partial charge in [0.25, 0.3) is 5.91 Å². The zero-order chi connectivity index (χ0) is 15.4. The van der Waals surface area contributed by atoms with E-state index in [1.165, 1.54) is 11.1 Å². The molecule has 0 radical (unpaired) electrons. The summed E-state index contributed by atoms with van der Waals surface area (Å²) in [6.45, 7) is 9.34. The molecule has 114 valence electrons. The van der Waals surface area contributed by atoms with E-state index in [1.807, 2.05) is 24.8 Å². The molecule has 3 heteroatoms. The van der Waals surface area contributed by atoms with Gasteiger partial charge >= 0.3 is 0 Å². The molecule has 2 nitrogen and oxygen atoms in total. The summed E-state index contributed by atoms with van der Waals surface area (Å²) < 4.78 is 0. The number of hydrogen-bond acceptors (Lipinski definition) is 2. The van der Waals surface area contributed by atoms with Crippen molar-refractivity contribution in [2.45, 2.75) is 45.2 Å². The number of nitrogens with zero attached hydrogens (tertiary/aromatic N) is 1. The second-order valence-corrected chi connectivity index (χ2v) is 7.21. The fraction of sp³-hybridized carbons (Fsp3) is 0.500. The maximum absolute atomic E-state index is 12.4. The van der Waals surface area contributed by atoms with Gasteiger partial charge in [-0.25, -0.2) is 0 Å². The molecular weight excluding hydrogens is 278 g/mol. The van der Waals surface area contributed by atoms with E-state index in [2.05, 4.69) is 49.9 Å². The standard InChI is InChI=1S/C18H25NOS/c1-13(2)10-11-19-17(20)14(3)15(4)18(19)21-12-16-8-6-5-7-9-16/h5-9,13,18H,10-12H2,1-4H3. The molecule has 0 saturated carbocycles. The summed E-state index contributed by atoms with van der Waals surface area (Å²) in [4.78, 5) is 14.5. The molecule has 1 heterocycles. The summed E-state index contributed by atoms with van der Waals surface area (Å²) in [7, 11) is 0. The minimum atomic E-state index is 0.205. The van der Waals surface area contributed by atoms with Crippen molar-refractivity contribution in [3.8, 4) is 0 Å². The quantitative estimate of drug-likeness (QED) is 0.772. The van der Waals surface area contributed by atoms with E-state index in [0.717, 1.165) is 24.3 Å². The highest BCUT2D eigenvalue weighted by atomic mass is 32.2. The molecule has 0 aromatic heterocycles. The zero-order valence-electron chi connectivity index (χ0n) is 13.4. The molecule has 1 aromatic rings. The van der Waals surface area contributed by atoms with Gasteiger partial charge < -0.3 is 4.90 Å². The highest BCUT2D eigenvalue weighted by Crippen LogP contribution is 2.35. The molecule has 1 aromatic carbocycles. The molecule has 1 unspecified atom stereocenters. The van der Waals surface area contributed by atoms with Gasteiger partial charge in [-0.1, -0.05) is 44.2 Å². The average molecular weight is 303 g/mol. The lowest BCUT2D eigenvalue weighted by molar-refractivity contribution is -0.126. The fourth-order valence-corrected chi connectivity index (χ4v) is 3.84. The van der Waals surface area contributed by atoms with Crippen LogP contribution in [0.1, 0.15) is 39.7 Å². The Morgan fingerprint density at radius 3 is 2.48 bits per heavy atom. The van der Waals surface area contributed by atoms with Crippen molar-refractivity contribution in [3.63, 3.8) is 0 Å². The monoisotopic (exact) mass is 303 g/mol. The summed E-state index contributed by atoms with van der Waals surface area (Å²) in [5.41, 5.74) is 3.48. The Kier molecular flexibility index (Phi) is 5.51. The van der Waals surface area contributed by atoms with Crippen molar-refractivity contribution < 1.29 is 4.79 Å². The molecule has 2 rings (SSSR count). The first-order valence-corrected chi connectivity index (χ1v) is 8.69. The van der Waals surface area contributed by atoms with Crippen molar-refractivity contribution >= 4 is 17.7 Å². The van der Waals surface area contributed by atoms with E-state index in [-0.39, 0.29) is 11.3 Å². The molecule has 1 aliphatic heterocycles. The number of benzene rings is 1. The minimum Gasteiger partial charge on any atom is -0.323 e. The highest BCUT2D eigenvalue weighted by Gasteiger charge is 2.34. The second-order valence-electron chi connectivity index (χ2n) is 6.14. The summed E-state index contributed by atoms with van der Waals surface area (Å²) in [5.74, 6) is 1.79. The lowest BCUT2D eigenvalue weighted by Crippen LogP contribution is -2.35. The summed E-state index contributed by atoms with van der Waals surface area (Å²) in [5, 5.41) is 0.205. The Balaban J connectivity index is 2.04.